The summed E-state index contributed by atoms with van der Waals surface area (Å²) in [6.07, 6.45) is -3.95. The van der Waals surface area contributed by atoms with E-state index in [2.05, 4.69) is 0 Å². The third kappa shape index (κ3) is 6.87. The highest BCUT2D eigenvalue weighted by molar-refractivity contribution is 5.55. The second-order valence-electron chi connectivity index (χ2n) is 8.20. The Morgan fingerprint density at radius 2 is 1.63 bits per heavy atom. The molecule has 0 saturated carbocycles. The Kier molecular flexibility index (Phi) is 7.60. The van der Waals surface area contributed by atoms with E-state index in [-0.39, 0.29) is 11.0 Å². The molecule has 0 atom stereocenters. The maximum atomic E-state index is 13.4. The molecule has 2 aromatic rings. The normalized spacial score (nSPS) is 11.7. The molecule has 7 heteroatoms. The van der Waals surface area contributed by atoms with E-state index in [1.807, 2.05) is 37.8 Å². The highest BCUT2D eigenvalue weighted by Gasteiger charge is 2.34. The first-order valence-electron chi connectivity index (χ1n) is 9.66. The fourth-order valence-electron chi connectivity index (χ4n) is 3.05. The first kappa shape index (κ1) is 23.4. The van der Waals surface area contributed by atoms with Crippen molar-refractivity contribution in [2.75, 3.05) is 31.7 Å². The largest absolute Gasteiger partial charge is 0.497 e. The maximum Gasteiger partial charge on any atom is 0.417 e. The van der Waals surface area contributed by atoms with Crippen molar-refractivity contribution in [3.63, 3.8) is 0 Å². The third-order valence-corrected chi connectivity index (χ3v) is 4.36. The molecule has 0 N–H and O–H groups in total. The molecular formula is C23H27F3N2O2. The quantitative estimate of drug-likeness (QED) is 0.498. The number of hydrogen-bond donors (Lipinski definition) is 0. The first-order chi connectivity index (χ1) is 14.0. The van der Waals surface area contributed by atoms with Crippen molar-refractivity contribution >= 4 is 5.69 Å². The monoisotopic (exact) mass is 420 g/mol. The third-order valence-electron chi connectivity index (χ3n) is 4.36. The van der Waals surface area contributed by atoms with Crippen LogP contribution in [0.5, 0.6) is 11.5 Å². The number of rotatable bonds is 8. The Morgan fingerprint density at radius 1 is 1.00 bits per heavy atom. The molecule has 0 aliphatic heterocycles. The summed E-state index contributed by atoms with van der Waals surface area (Å²) in [6.45, 7) is 7.61. The van der Waals surface area contributed by atoms with E-state index in [1.54, 1.807) is 31.4 Å². The van der Waals surface area contributed by atoms with E-state index in [1.165, 1.54) is 6.07 Å². The summed E-state index contributed by atoms with van der Waals surface area (Å²) < 4.78 is 50.9. The lowest BCUT2D eigenvalue weighted by molar-refractivity contribution is -0.137. The lowest BCUT2D eigenvalue weighted by Crippen LogP contribution is -2.34. The van der Waals surface area contributed by atoms with Crippen LogP contribution in [-0.4, -0.2) is 26.8 Å². The van der Waals surface area contributed by atoms with Crippen molar-refractivity contribution in [3.05, 3.63) is 53.6 Å². The summed E-state index contributed by atoms with van der Waals surface area (Å²) in [5, 5.41) is 9.02. The average molecular weight is 420 g/mol. The van der Waals surface area contributed by atoms with Gasteiger partial charge in [0.05, 0.1) is 30.9 Å². The van der Waals surface area contributed by atoms with Crippen molar-refractivity contribution in [1.82, 2.24) is 0 Å². The molecule has 0 bridgehead atoms. The van der Waals surface area contributed by atoms with Crippen LogP contribution in [0.3, 0.4) is 0 Å². The van der Waals surface area contributed by atoms with E-state index in [0.717, 1.165) is 11.8 Å². The van der Waals surface area contributed by atoms with Gasteiger partial charge < -0.3 is 14.4 Å². The number of hydrogen-bond acceptors (Lipinski definition) is 4. The van der Waals surface area contributed by atoms with Crippen LogP contribution in [0.15, 0.2) is 42.5 Å². The van der Waals surface area contributed by atoms with Gasteiger partial charge in [0.2, 0.25) is 0 Å². The van der Waals surface area contributed by atoms with E-state index in [0.29, 0.717) is 37.6 Å². The Bertz CT molecular complexity index is 866. The zero-order valence-electron chi connectivity index (χ0n) is 17.7. The van der Waals surface area contributed by atoms with Crippen molar-refractivity contribution in [2.45, 2.75) is 33.4 Å². The number of halogens is 3. The number of anilines is 1. The van der Waals surface area contributed by atoms with Gasteiger partial charge in [-0.2, -0.15) is 18.4 Å². The van der Waals surface area contributed by atoms with E-state index in [4.69, 9.17) is 14.7 Å². The average Bonchev–Trinajstić information content (AvgIpc) is 2.68. The second kappa shape index (κ2) is 9.75. The van der Waals surface area contributed by atoms with Crippen LogP contribution < -0.4 is 14.4 Å². The van der Waals surface area contributed by atoms with Gasteiger partial charge in [-0.25, -0.2) is 0 Å². The van der Waals surface area contributed by atoms with Crippen LogP contribution in [0.1, 0.15) is 38.3 Å². The molecule has 0 spiro atoms. The Morgan fingerprint density at radius 3 is 2.17 bits per heavy atom. The molecule has 0 aliphatic carbocycles. The highest BCUT2D eigenvalue weighted by atomic mass is 19.4. The number of ether oxygens (including phenoxy) is 2. The van der Waals surface area contributed by atoms with E-state index in [9.17, 15) is 13.2 Å². The van der Waals surface area contributed by atoms with Crippen LogP contribution in [-0.2, 0) is 6.18 Å². The Balaban J connectivity index is 2.11. The van der Waals surface area contributed by atoms with Gasteiger partial charge in [-0.05, 0) is 54.3 Å². The molecule has 0 heterocycles. The Hall–Kier alpha value is -2.88. The van der Waals surface area contributed by atoms with Gasteiger partial charge in [-0.3, -0.25) is 0 Å². The lowest BCUT2D eigenvalue weighted by Gasteiger charge is -2.32. The fraction of sp³-hybridized carbons (Fsp3) is 0.435. The number of methoxy groups -OCH3 is 1. The molecule has 0 saturated heterocycles. The standard InChI is InChI=1S/C23H27F3N2O2/c1-22(2,3)16-28(12-5-13-30-20-10-8-19(29-4)9-11-20)18-7-6-17(15-27)21(14-18)23(24,25)26/h6-11,14H,5,12-13,16H2,1-4H3. The zero-order valence-corrected chi connectivity index (χ0v) is 17.7. The predicted molar refractivity (Wildman–Crippen MR) is 111 cm³/mol. The van der Waals surface area contributed by atoms with Gasteiger partial charge in [0.25, 0.3) is 0 Å². The minimum atomic E-state index is -4.58. The van der Waals surface area contributed by atoms with Gasteiger partial charge in [0, 0.05) is 18.8 Å². The van der Waals surface area contributed by atoms with E-state index < -0.39 is 11.7 Å². The molecule has 0 aromatic heterocycles. The molecule has 0 radical (unpaired) electrons. The van der Waals surface area contributed by atoms with Crippen LogP contribution in [0.25, 0.3) is 0 Å². The number of nitrogens with zero attached hydrogens (tertiary/aromatic N) is 2. The van der Waals surface area contributed by atoms with Gasteiger partial charge in [0.15, 0.2) is 0 Å². The lowest BCUT2D eigenvalue weighted by atomic mass is 9.95. The summed E-state index contributed by atoms with van der Waals surface area (Å²) in [5.41, 5.74) is -0.954. The van der Waals surface area contributed by atoms with Gasteiger partial charge in [-0.1, -0.05) is 20.8 Å². The van der Waals surface area contributed by atoms with Crippen molar-refractivity contribution in [1.29, 1.82) is 5.26 Å². The molecule has 30 heavy (non-hydrogen) atoms. The molecule has 162 valence electrons. The van der Waals surface area contributed by atoms with Gasteiger partial charge in [-0.15, -0.1) is 0 Å². The topological polar surface area (TPSA) is 45.5 Å². The van der Waals surface area contributed by atoms with Crippen LogP contribution in [0.2, 0.25) is 0 Å². The number of nitriles is 1. The summed E-state index contributed by atoms with van der Waals surface area (Å²) in [4.78, 5) is 1.91. The summed E-state index contributed by atoms with van der Waals surface area (Å²) in [6, 6.07) is 12.7. The molecular weight excluding hydrogens is 393 g/mol. The maximum absolute atomic E-state index is 13.4. The van der Waals surface area contributed by atoms with Gasteiger partial charge >= 0.3 is 6.18 Å². The van der Waals surface area contributed by atoms with Crippen LogP contribution >= 0.6 is 0 Å². The zero-order chi connectivity index (χ0) is 22.4. The van der Waals surface area contributed by atoms with E-state index >= 15 is 0 Å². The summed E-state index contributed by atoms with van der Waals surface area (Å²) in [7, 11) is 1.59. The number of benzene rings is 2. The van der Waals surface area contributed by atoms with Crippen molar-refractivity contribution < 1.29 is 22.6 Å². The molecule has 0 aliphatic rings. The molecule has 4 nitrogen and oxygen atoms in total. The summed E-state index contributed by atoms with van der Waals surface area (Å²) >= 11 is 0. The smallest absolute Gasteiger partial charge is 0.417 e. The molecule has 0 unspecified atom stereocenters. The number of alkyl halides is 3. The molecule has 2 rings (SSSR count). The van der Waals surface area contributed by atoms with Gasteiger partial charge in [0.1, 0.15) is 11.5 Å². The highest BCUT2D eigenvalue weighted by Crippen LogP contribution is 2.35. The minimum Gasteiger partial charge on any atom is -0.497 e. The fourth-order valence-corrected chi connectivity index (χ4v) is 3.05. The first-order valence-corrected chi connectivity index (χ1v) is 9.66. The Labute approximate surface area is 175 Å². The molecule has 0 amide bonds. The predicted octanol–water partition coefficient (Wildman–Crippen LogP) is 5.91. The molecule has 2 aromatic carbocycles. The minimum absolute atomic E-state index is 0.122. The SMILES string of the molecule is COc1ccc(OCCCN(CC(C)(C)C)c2ccc(C#N)c(C(F)(F)F)c2)cc1. The van der Waals surface area contributed by atoms with Crippen molar-refractivity contribution in [3.8, 4) is 17.6 Å². The second-order valence-corrected chi connectivity index (χ2v) is 8.20. The summed E-state index contributed by atoms with van der Waals surface area (Å²) in [5.74, 6) is 1.44. The van der Waals surface area contributed by atoms with Crippen LogP contribution in [0.4, 0.5) is 18.9 Å². The molecule has 0 fully saturated rings. The van der Waals surface area contributed by atoms with Crippen LogP contribution in [0, 0.1) is 16.7 Å². The van der Waals surface area contributed by atoms with Crippen molar-refractivity contribution in [2.24, 2.45) is 5.41 Å².